The monoisotopic (exact) mass is 323 g/mol. The minimum Gasteiger partial charge on any atom is -0.341 e. The van der Waals surface area contributed by atoms with Crippen LogP contribution in [0.5, 0.6) is 0 Å². The van der Waals surface area contributed by atoms with E-state index < -0.39 is 0 Å². The maximum atomic E-state index is 13.1. The second-order valence-electron chi connectivity index (χ2n) is 7.54. The van der Waals surface area contributed by atoms with E-state index in [0.717, 1.165) is 51.9 Å². The van der Waals surface area contributed by atoms with E-state index in [-0.39, 0.29) is 17.9 Å². The lowest BCUT2D eigenvalue weighted by Gasteiger charge is -2.40. The van der Waals surface area contributed by atoms with Crippen LogP contribution in [0.1, 0.15) is 52.4 Å². The van der Waals surface area contributed by atoms with Gasteiger partial charge in [-0.1, -0.05) is 13.8 Å². The Hall–Kier alpha value is -1.10. The van der Waals surface area contributed by atoms with Gasteiger partial charge in [0.2, 0.25) is 11.8 Å². The molecule has 0 radical (unpaired) electrons. The first-order valence-corrected chi connectivity index (χ1v) is 9.25. The highest BCUT2D eigenvalue weighted by Gasteiger charge is 2.35. The van der Waals surface area contributed by atoms with Gasteiger partial charge in [-0.25, -0.2) is 0 Å². The molecule has 0 aliphatic carbocycles. The molecule has 2 rings (SSSR count). The summed E-state index contributed by atoms with van der Waals surface area (Å²) in [6.07, 6.45) is 5.62. The number of likely N-dealkylation sites (tertiary alicyclic amines) is 2. The molecule has 0 saturated carbocycles. The van der Waals surface area contributed by atoms with Gasteiger partial charge in [0.25, 0.3) is 0 Å². The molecule has 0 bridgehead atoms. The van der Waals surface area contributed by atoms with Crippen molar-refractivity contribution in [3.05, 3.63) is 0 Å². The summed E-state index contributed by atoms with van der Waals surface area (Å²) < 4.78 is 0. The van der Waals surface area contributed by atoms with Gasteiger partial charge in [-0.3, -0.25) is 9.59 Å². The second kappa shape index (κ2) is 8.67. The maximum Gasteiger partial charge on any atom is 0.245 e. The topological polar surface area (TPSA) is 52.7 Å². The van der Waals surface area contributed by atoms with Crippen molar-refractivity contribution < 1.29 is 9.59 Å². The SMILES string of the molecule is CNCC1CCCN(C(=O)C(CC(C)C)N2CCCCC2=O)C1. The summed E-state index contributed by atoms with van der Waals surface area (Å²) in [4.78, 5) is 29.3. The standard InChI is InChI=1S/C18H33N3O2/c1-14(2)11-16(21-10-5-4-8-17(21)22)18(23)20-9-6-7-15(13-20)12-19-3/h14-16,19H,4-13H2,1-3H3. The molecule has 2 amide bonds. The van der Waals surface area contributed by atoms with Crippen LogP contribution in [0.4, 0.5) is 0 Å². The number of carbonyl (C=O) groups excluding carboxylic acids is 2. The molecular formula is C18H33N3O2. The van der Waals surface area contributed by atoms with Crippen molar-refractivity contribution in [1.29, 1.82) is 0 Å². The Kier molecular flexibility index (Phi) is 6.88. The third kappa shape index (κ3) is 4.93. The van der Waals surface area contributed by atoms with E-state index >= 15 is 0 Å². The van der Waals surface area contributed by atoms with Gasteiger partial charge in [-0.2, -0.15) is 0 Å². The van der Waals surface area contributed by atoms with E-state index in [2.05, 4.69) is 19.2 Å². The molecule has 1 N–H and O–H groups in total. The number of amides is 2. The predicted molar refractivity (Wildman–Crippen MR) is 92.0 cm³/mol. The van der Waals surface area contributed by atoms with E-state index in [9.17, 15) is 9.59 Å². The minimum absolute atomic E-state index is 0.166. The molecule has 0 aromatic carbocycles. The predicted octanol–water partition coefficient (Wildman–Crippen LogP) is 1.87. The molecular weight excluding hydrogens is 290 g/mol. The third-order valence-electron chi connectivity index (χ3n) is 5.04. The van der Waals surface area contributed by atoms with Gasteiger partial charge in [-0.15, -0.1) is 0 Å². The van der Waals surface area contributed by atoms with E-state index in [1.807, 2.05) is 16.8 Å². The highest BCUT2D eigenvalue weighted by atomic mass is 16.2. The molecule has 5 heteroatoms. The Labute approximate surface area is 140 Å². The largest absolute Gasteiger partial charge is 0.341 e. The molecule has 0 aromatic rings. The van der Waals surface area contributed by atoms with E-state index in [4.69, 9.17) is 0 Å². The Balaban J connectivity index is 2.07. The zero-order valence-electron chi connectivity index (χ0n) is 15.0. The van der Waals surface area contributed by atoms with Crippen molar-refractivity contribution >= 4 is 11.8 Å². The van der Waals surface area contributed by atoms with Crippen LogP contribution < -0.4 is 5.32 Å². The maximum absolute atomic E-state index is 13.1. The third-order valence-corrected chi connectivity index (χ3v) is 5.04. The zero-order chi connectivity index (χ0) is 16.8. The lowest BCUT2D eigenvalue weighted by molar-refractivity contribution is -0.149. The average Bonchev–Trinajstić information content (AvgIpc) is 2.53. The molecule has 2 aliphatic heterocycles. The van der Waals surface area contributed by atoms with E-state index in [1.165, 1.54) is 6.42 Å². The first-order valence-electron chi connectivity index (χ1n) is 9.25. The number of nitrogens with one attached hydrogen (secondary N) is 1. The summed E-state index contributed by atoms with van der Waals surface area (Å²) in [7, 11) is 1.97. The number of piperidine rings is 2. The van der Waals surface area contributed by atoms with Gasteiger partial charge < -0.3 is 15.1 Å². The lowest BCUT2D eigenvalue weighted by Crippen LogP contribution is -2.55. The first-order chi connectivity index (χ1) is 11.0. The molecule has 2 unspecified atom stereocenters. The quantitative estimate of drug-likeness (QED) is 0.812. The molecule has 5 nitrogen and oxygen atoms in total. The first kappa shape index (κ1) is 18.2. The normalized spacial score (nSPS) is 24.2. The number of rotatable bonds is 6. The van der Waals surface area contributed by atoms with Crippen molar-refractivity contribution in [3.8, 4) is 0 Å². The summed E-state index contributed by atoms with van der Waals surface area (Å²) in [6, 6.07) is -0.254. The Morgan fingerprint density at radius 1 is 1.26 bits per heavy atom. The van der Waals surface area contributed by atoms with E-state index in [0.29, 0.717) is 18.3 Å². The van der Waals surface area contributed by atoms with E-state index in [1.54, 1.807) is 0 Å². The Morgan fingerprint density at radius 2 is 2.04 bits per heavy atom. The minimum atomic E-state index is -0.254. The van der Waals surface area contributed by atoms with Crippen LogP contribution in [-0.2, 0) is 9.59 Å². The molecule has 2 atom stereocenters. The van der Waals surface area contributed by atoms with Crippen LogP contribution in [0.25, 0.3) is 0 Å². The van der Waals surface area contributed by atoms with Gasteiger partial charge in [0, 0.05) is 26.1 Å². The van der Waals surface area contributed by atoms with Gasteiger partial charge >= 0.3 is 0 Å². The lowest BCUT2D eigenvalue weighted by atomic mass is 9.94. The van der Waals surface area contributed by atoms with Gasteiger partial charge in [-0.05, 0) is 57.5 Å². The Morgan fingerprint density at radius 3 is 2.70 bits per heavy atom. The van der Waals surface area contributed by atoms with Crippen LogP contribution in [0, 0.1) is 11.8 Å². The smallest absolute Gasteiger partial charge is 0.245 e. The second-order valence-corrected chi connectivity index (χ2v) is 7.54. The molecule has 2 aliphatic rings. The van der Waals surface area contributed by atoms with Crippen molar-refractivity contribution in [2.75, 3.05) is 33.2 Å². The number of nitrogens with zero attached hydrogens (tertiary/aromatic N) is 2. The molecule has 23 heavy (non-hydrogen) atoms. The molecule has 0 aromatic heterocycles. The van der Waals surface area contributed by atoms with Crippen molar-refractivity contribution in [3.63, 3.8) is 0 Å². The van der Waals surface area contributed by atoms with Crippen LogP contribution in [0.3, 0.4) is 0 Å². The average molecular weight is 323 g/mol. The molecule has 0 spiro atoms. The number of carbonyl (C=O) groups is 2. The van der Waals surface area contributed by atoms with Gasteiger partial charge in [0.1, 0.15) is 6.04 Å². The van der Waals surface area contributed by atoms with Crippen LogP contribution in [-0.4, -0.2) is 60.9 Å². The molecule has 132 valence electrons. The van der Waals surface area contributed by atoms with Crippen molar-refractivity contribution in [2.45, 2.75) is 58.4 Å². The number of hydrogen-bond acceptors (Lipinski definition) is 3. The summed E-state index contributed by atoms with van der Waals surface area (Å²) >= 11 is 0. The highest BCUT2D eigenvalue weighted by Crippen LogP contribution is 2.23. The molecule has 2 saturated heterocycles. The summed E-state index contributed by atoms with van der Waals surface area (Å²) in [5.41, 5.74) is 0. The Bertz CT molecular complexity index is 409. The van der Waals surface area contributed by atoms with Crippen molar-refractivity contribution in [2.24, 2.45) is 11.8 Å². The fourth-order valence-electron chi connectivity index (χ4n) is 3.90. The molecule has 2 fully saturated rings. The highest BCUT2D eigenvalue weighted by molar-refractivity contribution is 5.88. The number of hydrogen-bond donors (Lipinski definition) is 1. The van der Waals surface area contributed by atoms with Crippen LogP contribution >= 0.6 is 0 Å². The van der Waals surface area contributed by atoms with Crippen molar-refractivity contribution in [1.82, 2.24) is 15.1 Å². The fraction of sp³-hybridized carbons (Fsp3) is 0.889. The summed E-state index contributed by atoms with van der Waals surface area (Å²) in [5, 5.41) is 3.23. The van der Waals surface area contributed by atoms with Gasteiger partial charge in [0.15, 0.2) is 0 Å². The van der Waals surface area contributed by atoms with Gasteiger partial charge in [0.05, 0.1) is 0 Å². The molecule has 2 heterocycles. The summed E-state index contributed by atoms with van der Waals surface area (Å²) in [5.74, 6) is 1.29. The summed E-state index contributed by atoms with van der Waals surface area (Å²) in [6.45, 7) is 7.65. The zero-order valence-corrected chi connectivity index (χ0v) is 15.0. The fourth-order valence-corrected chi connectivity index (χ4v) is 3.90. The van der Waals surface area contributed by atoms with Crippen LogP contribution in [0.15, 0.2) is 0 Å². The van der Waals surface area contributed by atoms with Crippen LogP contribution in [0.2, 0.25) is 0 Å².